The van der Waals surface area contributed by atoms with Crippen LogP contribution in [0.15, 0.2) is 36.4 Å². The van der Waals surface area contributed by atoms with Crippen molar-refractivity contribution < 1.29 is 28.5 Å². The Labute approximate surface area is 175 Å². The highest BCUT2D eigenvalue weighted by molar-refractivity contribution is 6.11. The lowest BCUT2D eigenvalue weighted by atomic mass is 9.96. The minimum absolute atomic E-state index is 0.199. The molecule has 0 saturated heterocycles. The molecule has 6 nitrogen and oxygen atoms in total. The molecule has 6 heteroatoms. The molecule has 0 aliphatic rings. The van der Waals surface area contributed by atoms with Gasteiger partial charge in [0.2, 0.25) is 0 Å². The number of esters is 2. The molecule has 0 N–H and O–H groups in total. The molecular weight excluding hydrogens is 384 g/mol. The lowest BCUT2D eigenvalue weighted by Gasteiger charge is -2.18. The summed E-state index contributed by atoms with van der Waals surface area (Å²) in [5.41, 5.74) is 2.24. The summed E-state index contributed by atoms with van der Waals surface area (Å²) < 4.78 is 21.4. The maximum absolute atomic E-state index is 11.8. The molecule has 0 aliphatic heterocycles. The standard InChI is InChI=1S/C24H26O6/c1-5-15-7-9-17-19(11-15)24(30-14-22(26)28-4)20-12-16(6-2)8-10-18(20)23(17)29-13-21(25)27-3/h7-12H,5-6,13-14H2,1-4H3. The molecule has 3 aromatic rings. The number of hydrogen-bond acceptors (Lipinski definition) is 6. The van der Waals surface area contributed by atoms with E-state index in [4.69, 9.17) is 18.9 Å². The SMILES string of the molecule is CCc1ccc2c(OCC(=O)OC)c3ccc(CC)cc3c(OCC(=O)OC)c2c1. The van der Waals surface area contributed by atoms with Crippen molar-refractivity contribution in [3.8, 4) is 11.5 Å². The summed E-state index contributed by atoms with van der Waals surface area (Å²) in [6.07, 6.45) is 1.69. The average molecular weight is 410 g/mol. The van der Waals surface area contributed by atoms with Gasteiger partial charge < -0.3 is 18.9 Å². The second-order valence-corrected chi connectivity index (χ2v) is 6.85. The van der Waals surface area contributed by atoms with Crippen molar-refractivity contribution >= 4 is 33.5 Å². The number of methoxy groups -OCH3 is 2. The second-order valence-electron chi connectivity index (χ2n) is 6.85. The molecule has 0 aliphatic carbocycles. The van der Waals surface area contributed by atoms with Crippen LogP contribution in [0.3, 0.4) is 0 Å². The first kappa shape index (κ1) is 21.4. The van der Waals surface area contributed by atoms with Crippen LogP contribution in [0.1, 0.15) is 25.0 Å². The third-order valence-electron chi connectivity index (χ3n) is 5.09. The maximum atomic E-state index is 11.8. The van der Waals surface area contributed by atoms with Gasteiger partial charge >= 0.3 is 11.9 Å². The van der Waals surface area contributed by atoms with E-state index >= 15 is 0 Å². The van der Waals surface area contributed by atoms with E-state index in [0.29, 0.717) is 11.5 Å². The summed E-state index contributed by atoms with van der Waals surface area (Å²) in [6, 6.07) is 12.0. The van der Waals surface area contributed by atoms with E-state index in [1.54, 1.807) is 0 Å². The maximum Gasteiger partial charge on any atom is 0.343 e. The first-order chi connectivity index (χ1) is 14.5. The first-order valence-corrected chi connectivity index (χ1v) is 9.92. The quantitative estimate of drug-likeness (QED) is 0.409. The Hall–Kier alpha value is -3.28. The molecule has 0 spiro atoms. The zero-order chi connectivity index (χ0) is 21.7. The van der Waals surface area contributed by atoms with Gasteiger partial charge in [-0.25, -0.2) is 9.59 Å². The van der Waals surface area contributed by atoms with Crippen LogP contribution in [0.25, 0.3) is 21.5 Å². The summed E-state index contributed by atoms with van der Waals surface area (Å²) in [5.74, 6) is 0.265. The zero-order valence-corrected chi connectivity index (χ0v) is 17.7. The number of carbonyl (C=O) groups is 2. The van der Waals surface area contributed by atoms with Crippen molar-refractivity contribution in [3.05, 3.63) is 47.5 Å². The second kappa shape index (κ2) is 9.48. The molecule has 3 aromatic carbocycles. The molecule has 158 valence electrons. The van der Waals surface area contributed by atoms with Gasteiger partial charge in [-0.15, -0.1) is 0 Å². The molecule has 0 radical (unpaired) electrons. The van der Waals surface area contributed by atoms with Crippen molar-refractivity contribution in [1.82, 2.24) is 0 Å². The highest BCUT2D eigenvalue weighted by Gasteiger charge is 2.19. The molecule has 0 bridgehead atoms. The summed E-state index contributed by atoms with van der Waals surface area (Å²) >= 11 is 0. The monoisotopic (exact) mass is 410 g/mol. The van der Waals surface area contributed by atoms with Gasteiger partial charge in [-0.3, -0.25) is 0 Å². The Morgan fingerprint density at radius 2 is 1.07 bits per heavy atom. The Kier molecular flexibility index (Phi) is 6.77. The molecule has 0 amide bonds. The smallest absolute Gasteiger partial charge is 0.343 e. The van der Waals surface area contributed by atoms with Gasteiger partial charge in [0.25, 0.3) is 0 Å². The van der Waals surface area contributed by atoms with Gasteiger partial charge in [0.1, 0.15) is 11.5 Å². The number of hydrogen-bond donors (Lipinski definition) is 0. The fraction of sp³-hybridized carbons (Fsp3) is 0.333. The molecule has 3 rings (SSSR count). The van der Waals surface area contributed by atoms with Gasteiger partial charge in [-0.1, -0.05) is 38.1 Å². The van der Waals surface area contributed by atoms with E-state index in [1.807, 2.05) is 36.4 Å². The van der Waals surface area contributed by atoms with Crippen LogP contribution in [-0.4, -0.2) is 39.4 Å². The Morgan fingerprint density at radius 3 is 1.43 bits per heavy atom. The number of aryl methyl sites for hydroxylation is 2. The minimum atomic E-state index is -0.460. The number of ether oxygens (including phenoxy) is 4. The third kappa shape index (κ3) is 4.32. The van der Waals surface area contributed by atoms with E-state index in [0.717, 1.165) is 45.5 Å². The topological polar surface area (TPSA) is 71.1 Å². The number of fused-ring (bicyclic) bond motifs is 2. The normalized spacial score (nSPS) is 10.8. The van der Waals surface area contributed by atoms with Gasteiger partial charge in [0.05, 0.1) is 14.2 Å². The van der Waals surface area contributed by atoms with Crippen LogP contribution in [0, 0.1) is 0 Å². The molecule has 0 saturated carbocycles. The summed E-state index contributed by atoms with van der Waals surface area (Å²) in [7, 11) is 2.66. The van der Waals surface area contributed by atoms with Crippen LogP contribution in [0.2, 0.25) is 0 Å². The Bertz CT molecular complexity index is 1020. The predicted octanol–water partition coefficient (Wildman–Crippen LogP) is 4.22. The van der Waals surface area contributed by atoms with Crippen molar-refractivity contribution in [3.63, 3.8) is 0 Å². The van der Waals surface area contributed by atoms with Crippen LogP contribution in [0.5, 0.6) is 11.5 Å². The summed E-state index contributed by atoms with van der Waals surface area (Å²) in [6.45, 7) is 3.74. The fourth-order valence-electron chi connectivity index (χ4n) is 3.38. The minimum Gasteiger partial charge on any atom is -0.481 e. The van der Waals surface area contributed by atoms with E-state index in [-0.39, 0.29) is 13.2 Å². The zero-order valence-electron chi connectivity index (χ0n) is 17.7. The van der Waals surface area contributed by atoms with E-state index in [2.05, 4.69) is 13.8 Å². The van der Waals surface area contributed by atoms with E-state index in [1.165, 1.54) is 14.2 Å². The molecular formula is C24H26O6. The lowest BCUT2D eigenvalue weighted by molar-refractivity contribution is -0.143. The highest BCUT2D eigenvalue weighted by Crippen LogP contribution is 2.43. The van der Waals surface area contributed by atoms with Crippen molar-refractivity contribution in [2.45, 2.75) is 26.7 Å². The number of benzene rings is 3. The molecule has 0 heterocycles. The number of rotatable bonds is 8. The molecule has 0 fully saturated rings. The molecule has 0 unspecified atom stereocenters. The van der Waals surface area contributed by atoms with Crippen LogP contribution >= 0.6 is 0 Å². The van der Waals surface area contributed by atoms with E-state index in [9.17, 15) is 9.59 Å². The van der Waals surface area contributed by atoms with Crippen LogP contribution in [0.4, 0.5) is 0 Å². The molecule has 0 aromatic heterocycles. The lowest BCUT2D eigenvalue weighted by Crippen LogP contribution is -2.14. The summed E-state index contributed by atoms with van der Waals surface area (Å²) in [5, 5.41) is 3.23. The molecule has 0 atom stereocenters. The fourth-order valence-corrected chi connectivity index (χ4v) is 3.38. The van der Waals surface area contributed by atoms with Crippen molar-refractivity contribution in [2.24, 2.45) is 0 Å². The van der Waals surface area contributed by atoms with Gasteiger partial charge in [0.15, 0.2) is 13.2 Å². The Morgan fingerprint density at radius 1 is 0.667 bits per heavy atom. The van der Waals surface area contributed by atoms with Crippen LogP contribution < -0.4 is 9.47 Å². The largest absolute Gasteiger partial charge is 0.481 e. The van der Waals surface area contributed by atoms with Gasteiger partial charge in [-0.05, 0) is 36.1 Å². The van der Waals surface area contributed by atoms with Gasteiger partial charge in [0, 0.05) is 21.5 Å². The molecule has 30 heavy (non-hydrogen) atoms. The predicted molar refractivity (Wildman–Crippen MR) is 115 cm³/mol. The summed E-state index contributed by atoms with van der Waals surface area (Å²) in [4.78, 5) is 23.5. The van der Waals surface area contributed by atoms with Crippen molar-refractivity contribution in [1.29, 1.82) is 0 Å². The van der Waals surface area contributed by atoms with E-state index < -0.39 is 11.9 Å². The number of carbonyl (C=O) groups excluding carboxylic acids is 2. The Balaban J connectivity index is 2.30. The third-order valence-corrected chi connectivity index (χ3v) is 5.09. The van der Waals surface area contributed by atoms with Crippen LogP contribution in [-0.2, 0) is 31.9 Å². The van der Waals surface area contributed by atoms with Crippen molar-refractivity contribution in [2.75, 3.05) is 27.4 Å². The van der Waals surface area contributed by atoms with Gasteiger partial charge in [-0.2, -0.15) is 0 Å². The highest BCUT2D eigenvalue weighted by atomic mass is 16.6. The average Bonchev–Trinajstić information content (AvgIpc) is 2.79. The first-order valence-electron chi connectivity index (χ1n) is 9.92.